The van der Waals surface area contributed by atoms with Gasteiger partial charge in [0.2, 0.25) is 0 Å². The van der Waals surface area contributed by atoms with Crippen LogP contribution in [0.3, 0.4) is 0 Å². The standard InChI is InChI=1S/C16H14BrClO/c17-15(8-11-4-2-1-3-5-11)14-10-13(18)9-12-6-7-19-16(12)14/h1-5,9-10,15H,6-8H2. The van der Waals surface area contributed by atoms with Gasteiger partial charge in [-0.25, -0.2) is 0 Å². The lowest BCUT2D eigenvalue weighted by molar-refractivity contribution is 0.353. The van der Waals surface area contributed by atoms with Gasteiger partial charge in [-0.05, 0) is 29.7 Å². The number of alkyl halides is 1. The van der Waals surface area contributed by atoms with Crippen LogP contribution < -0.4 is 4.74 Å². The summed E-state index contributed by atoms with van der Waals surface area (Å²) in [5.41, 5.74) is 3.68. The van der Waals surface area contributed by atoms with Crippen molar-refractivity contribution in [2.75, 3.05) is 6.61 Å². The number of fused-ring (bicyclic) bond motifs is 1. The van der Waals surface area contributed by atoms with Gasteiger partial charge in [0.15, 0.2) is 0 Å². The van der Waals surface area contributed by atoms with E-state index in [-0.39, 0.29) is 4.83 Å². The van der Waals surface area contributed by atoms with Crippen LogP contribution in [0.15, 0.2) is 42.5 Å². The number of halogens is 2. The monoisotopic (exact) mass is 336 g/mol. The number of hydrogen-bond donors (Lipinski definition) is 0. The summed E-state index contributed by atoms with van der Waals surface area (Å²) in [6.45, 7) is 0.758. The third-order valence-electron chi connectivity index (χ3n) is 3.37. The maximum absolute atomic E-state index is 6.20. The van der Waals surface area contributed by atoms with Crippen molar-refractivity contribution in [1.82, 2.24) is 0 Å². The SMILES string of the molecule is Clc1cc2c(c(C(Br)Cc3ccccc3)c1)OCC2. The summed E-state index contributed by atoms with van der Waals surface area (Å²) in [5.74, 6) is 1.02. The molecular formula is C16H14BrClO. The third kappa shape index (κ3) is 2.80. The second kappa shape index (κ2) is 5.56. The minimum atomic E-state index is 0.223. The molecule has 1 unspecified atom stereocenters. The van der Waals surface area contributed by atoms with E-state index in [0.29, 0.717) is 0 Å². The first-order valence-electron chi connectivity index (χ1n) is 6.37. The summed E-state index contributed by atoms with van der Waals surface area (Å²) in [6, 6.07) is 14.5. The van der Waals surface area contributed by atoms with E-state index in [1.807, 2.05) is 18.2 Å². The van der Waals surface area contributed by atoms with Gasteiger partial charge in [-0.1, -0.05) is 57.9 Å². The molecule has 98 valence electrons. The highest BCUT2D eigenvalue weighted by Crippen LogP contribution is 2.40. The molecule has 1 atom stereocenters. The van der Waals surface area contributed by atoms with Crippen molar-refractivity contribution in [2.24, 2.45) is 0 Å². The summed E-state index contributed by atoms with van der Waals surface area (Å²) in [4.78, 5) is 0.223. The molecule has 0 N–H and O–H groups in total. The van der Waals surface area contributed by atoms with E-state index in [1.54, 1.807) is 0 Å². The van der Waals surface area contributed by atoms with Crippen LogP contribution in [0.4, 0.5) is 0 Å². The normalized spacial score (nSPS) is 14.8. The van der Waals surface area contributed by atoms with Gasteiger partial charge in [-0.2, -0.15) is 0 Å². The molecule has 1 aliphatic heterocycles. The number of hydrogen-bond acceptors (Lipinski definition) is 1. The predicted octanol–water partition coefficient (Wildman–Crippen LogP) is 4.95. The van der Waals surface area contributed by atoms with Gasteiger partial charge >= 0.3 is 0 Å². The molecule has 1 aliphatic rings. The largest absolute Gasteiger partial charge is 0.493 e. The lowest BCUT2D eigenvalue weighted by Crippen LogP contribution is -1.99. The maximum atomic E-state index is 6.20. The van der Waals surface area contributed by atoms with E-state index in [0.717, 1.165) is 35.8 Å². The Bertz CT molecular complexity index is 583. The lowest BCUT2D eigenvalue weighted by atomic mass is 10.0. The molecule has 0 radical (unpaired) electrons. The summed E-state index contributed by atoms with van der Waals surface area (Å²) in [5, 5.41) is 0.789. The molecule has 2 aromatic carbocycles. The van der Waals surface area contributed by atoms with E-state index in [4.69, 9.17) is 16.3 Å². The molecule has 1 nitrogen and oxygen atoms in total. The molecular weight excluding hydrogens is 324 g/mol. The molecule has 0 amide bonds. The highest BCUT2D eigenvalue weighted by atomic mass is 79.9. The fraction of sp³-hybridized carbons (Fsp3) is 0.250. The zero-order valence-electron chi connectivity index (χ0n) is 10.4. The van der Waals surface area contributed by atoms with Crippen molar-refractivity contribution in [2.45, 2.75) is 17.7 Å². The molecule has 0 aliphatic carbocycles. The fourth-order valence-electron chi connectivity index (χ4n) is 2.46. The first kappa shape index (κ1) is 13.0. The molecule has 0 bridgehead atoms. The molecule has 2 aromatic rings. The highest BCUT2D eigenvalue weighted by Gasteiger charge is 2.22. The van der Waals surface area contributed by atoms with E-state index in [1.165, 1.54) is 11.1 Å². The van der Waals surface area contributed by atoms with Crippen LogP contribution in [-0.4, -0.2) is 6.61 Å². The topological polar surface area (TPSA) is 9.23 Å². The Kier molecular flexibility index (Phi) is 3.81. The lowest BCUT2D eigenvalue weighted by Gasteiger charge is -2.15. The van der Waals surface area contributed by atoms with Crippen LogP contribution in [-0.2, 0) is 12.8 Å². The number of ether oxygens (including phenoxy) is 1. The van der Waals surface area contributed by atoms with Gasteiger partial charge in [0.25, 0.3) is 0 Å². The predicted molar refractivity (Wildman–Crippen MR) is 82.5 cm³/mol. The van der Waals surface area contributed by atoms with Crippen molar-refractivity contribution in [3.63, 3.8) is 0 Å². The summed E-state index contributed by atoms with van der Waals surface area (Å²) in [6.07, 6.45) is 1.88. The third-order valence-corrected chi connectivity index (χ3v) is 4.41. The van der Waals surface area contributed by atoms with Crippen molar-refractivity contribution in [3.05, 3.63) is 64.2 Å². The van der Waals surface area contributed by atoms with Gasteiger partial charge in [-0.3, -0.25) is 0 Å². The molecule has 3 heteroatoms. The molecule has 0 saturated carbocycles. The van der Waals surface area contributed by atoms with Crippen molar-refractivity contribution in [3.8, 4) is 5.75 Å². The Morgan fingerprint density at radius 1 is 1.21 bits per heavy atom. The zero-order chi connectivity index (χ0) is 13.2. The van der Waals surface area contributed by atoms with Gasteiger partial charge in [0.1, 0.15) is 5.75 Å². The van der Waals surface area contributed by atoms with Crippen LogP contribution in [0.2, 0.25) is 5.02 Å². The van der Waals surface area contributed by atoms with Crippen molar-refractivity contribution >= 4 is 27.5 Å². The molecule has 3 rings (SSSR count). The van der Waals surface area contributed by atoms with Crippen molar-refractivity contribution < 1.29 is 4.74 Å². The van der Waals surface area contributed by atoms with E-state index in [2.05, 4.69) is 40.2 Å². The second-order valence-corrected chi connectivity index (χ2v) is 6.28. The minimum absolute atomic E-state index is 0.223. The van der Waals surface area contributed by atoms with E-state index in [9.17, 15) is 0 Å². The molecule has 1 heterocycles. The fourth-order valence-corrected chi connectivity index (χ4v) is 3.42. The Labute approximate surface area is 126 Å². The number of benzene rings is 2. The molecule has 0 aromatic heterocycles. The second-order valence-electron chi connectivity index (χ2n) is 4.74. The van der Waals surface area contributed by atoms with Gasteiger partial charge < -0.3 is 4.74 Å². The minimum Gasteiger partial charge on any atom is -0.493 e. The van der Waals surface area contributed by atoms with Gasteiger partial charge in [0.05, 0.1) is 6.61 Å². The van der Waals surface area contributed by atoms with Crippen LogP contribution in [0.5, 0.6) is 5.75 Å². The molecule has 0 spiro atoms. The molecule has 0 saturated heterocycles. The van der Waals surface area contributed by atoms with Gasteiger partial charge in [0, 0.05) is 21.8 Å². The first-order valence-corrected chi connectivity index (χ1v) is 7.66. The zero-order valence-corrected chi connectivity index (χ0v) is 12.7. The number of rotatable bonds is 3. The van der Waals surface area contributed by atoms with Gasteiger partial charge in [-0.15, -0.1) is 0 Å². The Balaban J connectivity index is 1.90. The Morgan fingerprint density at radius 2 is 2.00 bits per heavy atom. The quantitative estimate of drug-likeness (QED) is 0.720. The maximum Gasteiger partial charge on any atom is 0.127 e. The Morgan fingerprint density at radius 3 is 2.79 bits per heavy atom. The van der Waals surface area contributed by atoms with E-state index >= 15 is 0 Å². The smallest absolute Gasteiger partial charge is 0.127 e. The summed E-state index contributed by atoms with van der Waals surface area (Å²) >= 11 is 9.97. The van der Waals surface area contributed by atoms with Crippen molar-refractivity contribution in [1.29, 1.82) is 0 Å². The van der Waals surface area contributed by atoms with Crippen LogP contribution in [0, 0.1) is 0 Å². The molecule has 19 heavy (non-hydrogen) atoms. The van der Waals surface area contributed by atoms with Crippen LogP contribution in [0.25, 0.3) is 0 Å². The average Bonchev–Trinajstić information content (AvgIpc) is 2.86. The first-order chi connectivity index (χ1) is 9.24. The highest BCUT2D eigenvalue weighted by molar-refractivity contribution is 9.09. The Hall–Kier alpha value is -0.990. The summed E-state index contributed by atoms with van der Waals surface area (Å²) in [7, 11) is 0. The van der Waals surface area contributed by atoms with Crippen LogP contribution >= 0.6 is 27.5 Å². The summed E-state index contributed by atoms with van der Waals surface area (Å²) < 4.78 is 5.75. The van der Waals surface area contributed by atoms with E-state index < -0.39 is 0 Å². The average molecular weight is 338 g/mol. The van der Waals surface area contributed by atoms with Crippen LogP contribution in [0.1, 0.15) is 21.5 Å². The molecule has 0 fully saturated rings.